The molecule has 148 valence electrons. The van der Waals surface area contributed by atoms with Crippen molar-refractivity contribution in [3.8, 4) is 22.3 Å². The van der Waals surface area contributed by atoms with Crippen LogP contribution in [0.5, 0.6) is 0 Å². The summed E-state index contributed by atoms with van der Waals surface area (Å²) in [5, 5.41) is 2.83. The van der Waals surface area contributed by atoms with Gasteiger partial charge in [0.25, 0.3) is 0 Å². The minimum atomic E-state index is -0.0255. The average molecular weight is 389 g/mol. The first kappa shape index (κ1) is 18.0. The number of hydrogen-bond acceptors (Lipinski definition) is 0. The van der Waals surface area contributed by atoms with Gasteiger partial charge in [-0.15, -0.1) is 0 Å². The van der Waals surface area contributed by atoms with Crippen LogP contribution in [0.4, 0.5) is 0 Å². The second-order valence-corrected chi connectivity index (χ2v) is 10.4. The molecule has 0 fully saturated rings. The van der Waals surface area contributed by atoms with E-state index < -0.39 is 0 Å². The Morgan fingerprint density at radius 1 is 0.533 bits per heavy atom. The van der Waals surface area contributed by atoms with Crippen LogP contribution in [0.3, 0.4) is 0 Å². The Bertz CT molecular complexity index is 1400. The van der Waals surface area contributed by atoms with E-state index >= 15 is 0 Å². The SMILES string of the molecule is Cc1ccc2c(c1)C(C)(C)c1cc3c(cc1-2)C(C)(C)c1cccc2c(C)ccc-3c12. The Kier molecular flexibility index (Phi) is 3.25. The van der Waals surface area contributed by atoms with Crippen molar-refractivity contribution in [1.82, 2.24) is 0 Å². The van der Waals surface area contributed by atoms with Crippen molar-refractivity contribution < 1.29 is 0 Å². The van der Waals surface area contributed by atoms with Gasteiger partial charge in [-0.1, -0.05) is 81.8 Å². The first-order chi connectivity index (χ1) is 14.2. The van der Waals surface area contributed by atoms with Gasteiger partial charge in [-0.25, -0.2) is 0 Å². The Labute approximate surface area is 179 Å². The predicted molar refractivity (Wildman–Crippen MR) is 129 cm³/mol. The molecule has 4 aromatic carbocycles. The maximum atomic E-state index is 2.52. The van der Waals surface area contributed by atoms with Crippen LogP contribution in [-0.2, 0) is 10.8 Å². The summed E-state index contributed by atoms with van der Waals surface area (Å²) >= 11 is 0. The molecule has 0 nitrogen and oxygen atoms in total. The molecule has 0 unspecified atom stereocenters. The molecule has 0 aromatic heterocycles. The highest BCUT2D eigenvalue weighted by Crippen LogP contribution is 2.55. The Hall–Kier alpha value is -2.86. The van der Waals surface area contributed by atoms with E-state index in [1.165, 1.54) is 66.4 Å². The third kappa shape index (κ3) is 2.02. The third-order valence-corrected chi connectivity index (χ3v) is 7.87. The smallest absolute Gasteiger partial charge is 0.0159 e. The molecule has 4 aromatic rings. The molecule has 6 rings (SSSR count). The number of hydrogen-bond donors (Lipinski definition) is 0. The topological polar surface area (TPSA) is 0 Å². The van der Waals surface area contributed by atoms with Crippen molar-refractivity contribution in [3.63, 3.8) is 0 Å². The fourth-order valence-corrected chi connectivity index (χ4v) is 6.08. The van der Waals surface area contributed by atoms with Gasteiger partial charge in [0.2, 0.25) is 0 Å². The Balaban J connectivity index is 1.76. The molecule has 0 spiro atoms. The van der Waals surface area contributed by atoms with Gasteiger partial charge in [-0.05, 0) is 86.8 Å². The van der Waals surface area contributed by atoms with Crippen molar-refractivity contribution in [2.75, 3.05) is 0 Å². The fraction of sp³-hybridized carbons (Fsp3) is 0.267. The third-order valence-electron chi connectivity index (χ3n) is 7.87. The van der Waals surface area contributed by atoms with Crippen LogP contribution < -0.4 is 0 Å². The van der Waals surface area contributed by atoms with E-state index in [0.29, 0.717) is 0 Å². The summed E-state index contributed by atoms with van der Waals surface area (Å²) in [6.07, 6.45) is 0. The van der Waals surface area contributed by atoms with Crippen LogP contribution in [0.2, 0.25) is 0 Å². The number of benzene rings is 4. The van der Waals surface area contributed by atoms with Crippen molar-refractivity contribution in [3.05, 3.63) is 94.0 Å². The van der Waals surface area contributed by atoms with Crippen molar-refractivity contribution in [2.24, 2.45) is 0 Å². The summed E-state index contributed by atoms with van der Waals surface area (Å²) in [4.78, 5) is 0. The van der Waals surface area contributed by atoms with E-state index in [1.807, 2.05) is 0 Å². The molecule has 2 aliphatic carbocycles. The molecule has 0 atom stereocenters. The molecule has 0 heterocycles. The lowest BCUT2D eigenvalue weighted by molar-refractivity contribution is 0.639. The van der Waals surface area contributed by atoms with E-state index in [-0.39, 0.29) is 10.8 Å². The Morgan fingerprint density at radius 3 is 1.87 bits per heavy atom. The van der Waals surface area contributed by atoms with Gasteiger partial charge in [-0.3, -0.25) is 0 Å². The van der Waals surface area contributed by atoms with Gasteiger partial charge >= 0.3 is 0 Å². The van der Waals surface area contributed by atoms with E-state index in [4.69, 9.17) is 0 Å². The molecule has 0 N–H and O–H groups in total. The van der Waals surface area contributed by atoms with Gasteiger partial charge in [-0.2, -0.15) is 0 Å². The van der Waals surface area contributed by atoms with Gasteiger partial charge in [0.1, 0.15) is 0 Å². The first-order valence-corrected chi connectivity index (χ1v) is 11.0. The second-order valence-electron chi connectivity index (χ2n) is 10.4. The van der Waals surface area contributed by atoms with Gasteiger partial charge in [0.05, 0.1) is 0 Å². The molecule has 30 heavy (non-hydrogen) atoms. The van der Waals surface area contributed by atoms with E-state index in [0.717, 1.165) is 0 Å². The highest BCUT2D eigenvalue weighted by molar-refractivity contribution is 6.05. The van der Waals surface area contributed by atoms with Gasteiger partial charge < -0.3 is 0 Å². The number of fused-ring (bicyclic) bond motifs is 5. The van der Waals surface area contributed by atoms with Crippen LogP contribution in [0, 0.1) is 13.8 Å². The van der Waals surface area contributed by atoms with E-state index in [1.54, 1.807) is 0 Å². The summed E-state index contributed by atoms with van der Waals surface area (Å²) < 4.78 is 0. The molecular weight excluding hydrogens is 360 g/mol. The van der Waals surface area contributed by atoms with Gasteiger partial charge in [0, 0.05) is 10.8 Å². The lowest BCUT2D eigenvalue weighted by atomic mass is 9.67. The molecule has 0 radical (unpaired) electrons. The van der Waals surface area contributed by atoms with E-state index in [2.05, 4.69) is 102 Å². The zero-order valence-corrected chi connectivity index (χ0v) is 18.8. The lowest BCUT2D eigenvalue weighted by Gasteiger charge is -2.36. The highest BCUT2D eigenvalue weighted by atomic mass is 14.4. The largest absolute Gasteiger partial charge is 0.0613 e. The zero-order chi connectivity index (χ0) is 21.0. The molecule has 0 saturated heterocycles. The first-order valence-electron chi connectivity index (χ1n) is 11.0. The predicted octanol–water partition coefficient (Wildman–Crippen LogP) is 8.07. The molecule has 0 saturated carbocycles. The zero-order valence-electron chi connectivity index (χ0n) is 18.8. The molecular formula is C30H28. The summed E-state index contributed by atoms with van der Waals surface area (Å²) in [6.45, 7) is 14.0. The van der Waals surface area contributed by atoms with Crippen LogP contribution in [0.15, 0.2) is 60.7 Å². The molecule has 0 bridgehead atoms. The minimum absolute atomic E-state index is 0.0244. The standard InChI is InChI=1S/C30H28/c1-17-10-12-20-22-15-27-23(16-26(22)30(5,6)25(20)14-17)21-13-11-18(2)19-8-7-9-24(28(19)21)29(27,3)4/h7-16H,1-6H3. The van der Waals surface area contributed by atoms with Crippen LogP contribution in [-0.4, -0.2) is 0 Å². The van der Waals surface area contributed by atoms with Crippen molar-refractivity contribution in [1.29, 1.82) is 0 Å². The maximum Gasteiger partial charge on any atom is 0.0159 e. The van der Waals surface area contributed by atoms with E-state index in [9.17, 15) is 0 Å². The molecule has 2 aliphatic rings. The van der Waals surface area contributed by atoms with Crippen LogP contribution in [0.25, 0.3) is 33.0 Å². The molecule has 0 aliphatic heterocycles. The number of rotatable bonds is 0. The monoisotopic (exact) mass is 388 g/mol. The maximum absolute atomic E-state index is 2.52. The normalized spacial score (nSPS) is 16.9. The van der Waals surface area contributed by atoms with Crippen LogP contribution >= 0.6 is 0 Å². The fourth-order valence-electron chi connectivity index (χ4n) is 6.08. The summed E-state index contributed by atoms with van der Waals surface area (Å²) in [6, 6.07) is 23.5. The summed E-state index contributed by atoms with van der Waals surface area (Å²) in [5.41, 5.74) is 14.2. The Morgan fingerprint density at radius 2 is 1.13 bits per heavy atom. The second kappa shape index (κ2) is 5.43. The number of aryl methyl sites for hydroxylation is 2. The summed E-state index contributed by atoms with van der Waals surface area (Å²) in [5.74, 6) is 0. The molecule has 0 heteroatoms. The van der Waals surface area contributed by atoms with Gasteiger partial charge in [0.15, 0.2) is 0 Å². The lowest BCUT2D eigenvalue weighted by Crippen LogP contribution is -2.24. The van der Waals surface area contributed by atoms with Crippen molar-refractivity contribution in [2.45, 2.75) is 52.4 Å². The van der Waals surface area contributed by atoms with Crippen molar-refractivity contribution >= 4 is 10.8 Å². The molecule has 0 amide bonds. The van der Waals surface area contributed by atoms with Crippen LogP contribution in [0.1, 0.15) is 61.1 Å². The minimum Gasteiger partial charge on any atom is -0.0613 e. The average Bonchev–Trinajstić information content (AvgIpc) is 2.93. The highest BCUT2D eigenvalue weighted by Gasteiger charge is 2.40. The summed E-state index contributed by atoms with van der Waals surface area (Å²) in [7, 11) is 0. The quantitative estimate of drug-likeness (QED) is 0.286.